The van der Waals surface area contributed by atoms with Crippen LogP contribution in [-0.4, -0.2) is 40.6 Å². The molecule has 2 amide bonds. The largest absolute Gasteiger partial charge is 0.453 e. The molecule has 1 unspecified atom stereocenters. The first kappa shape index (κ1) is 24.4. The van der Waals surface area contributed by atoms with Gasteiger partial charge >= 0.3 is 6.09 Å². The van der Waals surface area contributed by atoms with Crippen molar-refractivity contribution in [2.45, 2.75) is 46.1 Å². The molecular formula is C24H29F2N3O4. The second-order valence-corrected chi connectivity index (χ2v) is 9.14. The number of amides is 2. The third-order valence-corrected chi connectivity index (χ3v) is 5.42. The molecule has 0 aliphatic carbocycles. The number of pyridine rings is 1. The monoisotopic (exact) mass is 461 g/mol. The number of ether oxygens (including phenoxy) is 2. The highest BCUT2D eigenvalue weighted by Gasteiger charge is 2.31. The zero-order chi connectivity index (χ0) is 24.2. The van der Waals surface area contributed by atoms with Crippen LogP contribution in [0.1, 0.15) is 40.5 Å². The summed E-state index contributed by atoms with van der Waals surface area (Å²) in [6.45, 7) is 8.44. The van der Waals surface area contributed by atoms with Crippen LogP contribution in [0.3, 0.4) is 0 Å². The highest BCUT2D eigenvalue weighted by Crippen LogP contribution is 2.28. The molecule has 1 atom stereocenters. The van der Waals surface area contributed by atoms with Crippen LogP contribution >= 0.6 is 0 Å². The summed E-state index contributed by atoms with van der Waals surface area (Å²) in [5.41, 5.74) is -0.540. The maximum absolute atomic E-state index is 13.7. The summed E-state index contributed by atoms with van der Waals surface area (Å²) in [7, 11) is 0. The van der Waals surface area contributed by atoms with Gasteiger partial charge in [-0.2, -0.15) is 0 Å². The van der Waals surface area contributed by atoms with Gasteiger partial charge in [0.15, 0.2) is 11.6 Å². The van der Waals surface area contributed by atoms with Crippen molar-refractivity contribution in [3.05, 3.63) is 48.2 Å². The van der Waals surface area contributed by atoms with Gasteiger partial charge in [-0.1, -0.05) is 6.92 Å². The molecule has 1 aromatic carbocycles. The normalized spacial score (nSPS) is 15.6. The van der Waals surface area contributed by atoms with Gasteiger partial charge in [0.25, 0.3) is 0 Å². The van der Waals surface area contributed by atoms with Crippen LogP contribution in [0, 0.1) is 23.5 Å². The predicted octanol–water partition coefficient (Wildman–Crippen LogP) is 5.37. The number of carbonyl (C=O) groups excluding carboxylic acids is 2. The number of piperidine rings is 1. The van der Waals surface area contributed by atoms with Gasteiger partial charge in [-0.3, -0.25) is 4.79 Å². The van der Waals surface area contributed by atoms with E-state index >= 15 is 0 Å². The molecule has 0 spiro atoms. The number of carbonyl (C=O) groups is 2. The van der Waals surface area contributed by atoms with E-state index in [1.54, 1.807) is 11.0 Å². The first-order valence-corrected chi connectivity index (χ1v) is 10.9. The summed E-state index contributed by atoms with van der Waals surface area (Å²) in [4.78, 5) is 30.7. The molecular weight excluding hydrogens is 432 g/mol. The van der Waals surface area contributed by atoms with Crippen molar-refractivity contribution in [1.82, 2.24) is 9.88 Å². The maximum atomic E-state index is 13.7. The molecule has 9 heteroatoms. The SMILES string of the molecule is CC(C(=O)Nc1ccc(Oc2ccc(F)cc2F)cn1)C1CCN(C(=O)OC(C)(C)C)CC1. The van der Waals surface area contributed by atoms with Gasteiger partial charge in [-0.15, -0.1) is 0 Å². The fraction of sp³-hybridized carbons (Fsp3) is 0.458. The number of nitrogens with zero attached hydrogens (tertiary/aromatic N) is 2. The van der Waals surface area contributed by atoms with Crippen LogP contribution in [0.5, 0.6) is 11.5 Å². The molecule has 1 N–H and O–H groups in total. The number of rotatable bonds is 5. The molecule has 1 aliphatic rings. The number of benzene rings is 1. The Morgan fingerprint density at radius 3 is 2.42 bits per heavy atom. The van der Waals surface area contributed by atoms with E-state index in [0.29, 0.717) is 31.7 Å². The van der Waals surface area contributed by atoms with Gasteiger partial charge in [-0.25, -0.2) is 18.6 Å². The fourth-order valence-corrected chi connectivity index (χ4v) is 3.56. The lowest BCUT2D eigenvalue weighted by Gasteiger charge is -2.35. The molecule has 1 saturated heterocycles. The minimum Gasteiger partial charge on any atom is -0.453 e. The summed E-state index contributed by atoms with van der Waals surface area (Å²) in [5, 5.41) is 2.78. The van der Waals surface area contributed by atoms with E-state index in [4.69, 9.17) is 9.47 Å². The number of halogens is 2. The van der Waals surface area contributed by atoms with Crippen molar-refractivity contribution in [2.75, 3.05) is 18.4 Å². The third-order valence-electron chi connectivity index (χ3n) is 5.42. The Hall–Kier alpha value is -3.23. The summed E-state index contributed by atoms with van der Waals surface area (Å²) in [5.74, 6) is -1.35. The highest BCUT2D eigenvalue weighted by molar-refractivity contribution is 5.91. The summed E-state index contributed by atoms with van der Waals surface area (Å²) < 4.78 is 37.5. The molecule has 1 fully saturated rings. The molecule has 1 aromatic heterocycles. The quantitative estimate of drug-likeness (QED) is 0.647. The lowest BCUT2D eigenvalue weighted by atomic mass is 9.85. The Labute approximate surface area is 192 Å². The van der Waals surface area contributed by atoms with Gasteiger partial charge in [0, 0.05) is 25.1 Å². The maximum Gasteiger partial charge on any atom is 0.410 e. The van der Waals surface area contributed by atoms with Crippen molar-refractivity contribution in [3.63, 3.8) is 0 Å². The smallest absolute Gasteiger partial charge is 0.410 e. The van der Waals surface area contributed by atoms with Crippen LogP contribution < -0.4 is 10.1 Å². The number of hydrogen-bond donors (Lipinski definition) is 1. The molecule has 3 rings (SSSR count). The fourth-order valence-electron chi connectivity index (χ4n) is 3.56. The molecule has 0 bridgehead atoms. The Morgan fingerprint density at radius 1 is 1.15 bits per heavy atom. The molecule has 1 aliphatic heterocycles. The van der Waals surface area contributed by atoms with Crippen molar-refractivity contribution in [3.8, 4) is 11.5 Å². The molecule has 0 radical (unpaired) electrons. The van der Waals surface area contributed by atoms with Crippen LogP contribution in [-0.2, 0) is 9.53 Å². The molecule has 2 heterocycles. The zero-order valence-electron chi connectivity index (χ0n) is 19.2. The zero-order valence-corrected chi connectivity index (χ0v) is 19.2. The second kappa shape index (κ2) is 10.1. The van der Waals surface area contributed by atoms with E-state index in [-0.39, 0.29) is 35.3 Å². The first-order valence-electron chi connectivity index (χ1n) is 10.9. The topological polar surface area (TPSA) is 80.8 Å². The van der Waals surface area contributed by atoms with Gasteiger partial charge in [0.2, 0.25) is 5.91 Å². The molecule has 7 nitrogen and oxygen atoms in total. The lowest BCUT2D eigenvalue weighted by molar-refractivity contribution is -0.121. The van der Waals surface area contributed by atoms with E-state index in [0.717, 1.165) is 12.1 Å². The van der Waals surface area contributed by atoms with E-state index in [2.05, 4.69) is 10.3 Å². The van der Waals surface area contributed by atoms with Gasteiger partial charge in [0.1, 0.15) is 23.0 Å². The first-order chi connectivity index (χ1) is 15.5. The number of aromatic nitrogens is 1. The van der Waals surface area contributed by atoms with Crippen molar-refractivity contribution in [1.29, 1.82) is 0 Å². The molecule has 178 valence electrons. The van der Waals surface area contributed by atoms with E-state index < -0.39 is 17.2 Å². The molecule has 33 heavy (non-hydrogen) atoms. The summed E-state index contributed by atoms with van der Waals surface area (Å²) in [6, 6.07) is 6.11. The Morgan fingerprint density at radius 2 is 1.85 bits per heavy atom. The average Bonchev–Trinajstić information content (AvgIpc) is 2.75. The number of likely N-dealkylation sites (tertiary alicyclic amines) is 1. The lowest BCUT2D eigenvalue weighted by Crippen LogP contribution is -2.43. The minimum absolute atomic E-state index is 0.124. The average molecular weight is 462 g/mol. The van der Waals surface area contributed by atoms with Crippen LogP contribution in [0.15, 0.2) is 36.5 Å². The van der Waals surface area contributed by atoms with Crippen molar-refractivity contribution in [2.24, 2.45) is 11.8 Å². The molecule has 2 aromatic rings. The second-order valence-electron chi connectivity index (χ2n) is 9.14. The number of anilines is 1. The third kappa shape index (κ3) is 6.87. The Bertz CT molecular complexity index is 984. The van der Waals surface area contributed by atoms with E-state index in [9.17, 15) is 18.4 Å². The number of nitrogens with one attached hydrogen (secondary N) is 1. The van der Waals surface area contributed by atoms with E-state index in [1.165, 1.54) is 18.3 Å². The van der Waals surface area contributed by atoms with Gasteiger partial charge in [0.05, 0.1) is 6.20 Å². The number of hydrogen-bond acceptors (Lipinski definition) is 5. The summed E-state index contributed by atoms with van der Waals surface area (Å²) in [6.07, 6.45) is 2.43. The van der Waals surface area contributed by atoms with Gasteiger partial charge < -0.3 is 19.7 Å². The van der Waals surface area contributed by atoms with Crippen LogP contribution in [0.2, 0.25) is 0 Å². The minimum atomic E-state index is -0.820. The summed E-state index contributed by atoms with van der Waals surface area (Å²) >= 11 is 0. The predicted molar refractivity (Wildman–Crippen MR) is 119 cm³/mol. The van der Waals surface area contributed by atoms with Gasteiger partial charge in [-0.05, 0) is 63.8 Å². The highest BCUT2D eigenvalue weighted by atomic mass is 19.1. The van der Waals surface area contributed by atoms with Crippen LogP contribution in [0.4, 0.5) is 19.4 Å². The van der Waals surface area contributed by atoms with Crippen molar-refractivity contribution < 1.29 is 27.8 Å². The van der Waals surface area contributed by atoms with Crippen LogP contribution in [0.25, 0.3) is 0 Å². The van der Waals surface area contributed by atoms with E-state index in [1.807, 2.05) is 27.7 Å². The standard InChI is InChI=1S/C24H29F2N3O4/c1-15(16-9-11-29(12-10-16)23(31)33-24(2,3)4)22(30)28-21-8-6-18(14-27-21)32-20-7-5-17(25)13-19(20)26/h5-8,13-16H,9-12H2,1-4H3,(H,27,28,30). The Kier molecular flexibility index (Phi) is 7.50. The molecule has 0 saturated carbocycles. The van der Waals surface area contributed by atoms with Crippen molar-refractivity contribution >= 4 is 17.8 Å². The Balaban J connectivity index is 1.50.